The van der Waals surface area contributed by atoms with Gasteiger partial charge in [-0.05, 0) is 56.3 Å². The van der Waals surface area contributed by atoms with Crippen LogP contribution >= 0.6 is 34.8 Å². The Balaban J connectivity index is 0.000000890. The van der Waals surface area contributed by atoms with E-state index in [4.69, 9.17) is 64.3 Å². The molecule has 0 fully saturated rings. The van der Waals surface area contributed by atoms with Crippen LogP contribution in [0.25, 0.3) is 12.0 Å². The highest BCUT2D eigenvalue weighted by Crippen LogP contribution is 2.29. The highest BCUT2D eigenvalue weighted by atomic mass is 35.5. The molecule has 0 saturated carbocycles. The van der Waals surface area contributed by atoms with Crippen LogP contribution in [0.3, 0.4) is 0 Å². The van der Waals surface area contributed by atoms with E-state index in [0.29, 0.717) is 32.1 Å². The summed E-state index contributed by atoms with van der Waals surface area (Å²) in [6, 6.07) is 12.2. The first kappa shape index (κ1) is 26.3. The summed E-state index contributed by atoms with van der Waals surface area (Å²) in [6.07, 6.45) is 5.67. The highest BCUT2D eigenvalue weighted by molar-refractivity contribution is 6.35. The van der Waals surface area contributed by atoms with Gasteiger partial charge in [-0.2, -0.15) is 0 Å². The molecule has 12 heteroatoms. The molecule has 0 bridgehead atoms. The van der Waals surface area contributed by atoms with Gasteiger partial charge in [0, 0.05) is 28.0 Å². The number of ether oxygens (including phenoxy) is 3. The van der Waals surface area contributed by atoms with Gasteiger partial charge in [0.1, 0.15) is 11.5 Å². The second-order valence-electron chi connectivity index (χ2n) is 6.33. The van der Waals surface area contributed by atoms with Crippen LogP contribution in [0.5, 0.6) is 5.75 Å². The summed E-state index contributed by atoms with van der Waals surface area (Å²) in [5.41, 5.74) is 0.673. The Bertz CT molecular complexity index is 1060. The molecule has 0 saturated heterocycles. The normalized spacial score (nSPS) is 12.8. The van der Waals surface area contributed by atoms with Gasteiger partial charge in [-0.25, -0.2) is 4.98 Å². The van der Waals surface area contributed by atoms with Crippen molar-refractivity contribution < 1.29 is 24.5 Å². The van der Waals surface area contributed by atoms with E-state index < -0.39 is 17.7 Å². The van der Waals surface area contributed by atoms with Gasteiger partial charge in [-0.1, -0.05) is 34.8 Å². The zero-order valence-corrected chi connectivity index (χ0v) is 19.7. The van der Waals surface area contributed by atoms with Crippen LogP contribution < -0.4 is 4.74 Å². The first-order chi connectivity index (χ1) is 15.6. The van der Waals surface area contributed by atoms with Gasteiger partial charge in [-0.3, -0.25) is 0 Å². The number of hydrogen-bond acceptors (Lipinski definition) is 6. The van der Waals surface area contributed by atoms with Crippen molar-refractivity contribution in [2.24, 2.45) is 0 Å². The Morgan fingerprint density at radius 3 is 2.33 bits per heavy atom. The molecule has 33 heavy (non-hydrogen) atoms. The molecule has 1 aromatic heterocycles. The van der Waals surface area contributed by atoms with Crippen LogP contribution in [0.2, 0.25) is 15.1 Å². The summed E-state index contributed by atoms with van der Waals surface area (Å²) < 4.78 is 19.3. The maximum absolute atomic E-state index is 8.36. The van der Waals surface area contributed by atoms with Crippen LogP contribution in [0, 0.1) is 10.1 Å². The zero-order chi connectivity index (χ0) is 24.4. The summed E-state index contributed by atoms with van der Waals surface area (Å²) in [5.74, 6) is 1.14. The molecule has 3 aromatic rings. The Morgan fingerprint density at radius 2 is 1.76 bits per heavy atom. The van der Waals surface area contributed by atoms with Gasteiger partial charge in [0.25, 0.3) is 5.09 Å². The number of aromatic nitrogens is 2. The monoisotopic (exact) mass is 515 g/mol. The minimum absolute atomic E-state index is 0.460. The molecule has 9 nitrogen and oxygen atoms in total. The van der Waals surface area contributed by atoms with E-state index in [1.165, 1.54) is 0 Å². The Morgan fingerprint density at radius 1 is 1.12 bits per heavy atom. The molecule has 0 aliphatic carbocycles. The lowest BCUT2D eigenvalue weighted by Gasteiger charge is -2.23. The molecule has 0 spiro atoms. The predicted octanol–water partition coefficient (Wildman–Crippen LogP) is 6.26. The number of nitrogens with zero attached hydrogens (tertiary/aromatic N) is 3. The Hall–Kier alpha value is -2.98. The van der Waals surface area contributed by atoms with E-state index in [2.05, 4.69) is 4.98 Å². The summed E-state index contributed by atoms with van der Waals surface area (Å²) in [4.78, 5) is 12.4. The minimum Gasteiger partial charge on any atom is -0.465 e. The maximum atomic E-state index is 8.36. The number of imidazole rings is 1. The lowest BCUT2D eigenvalue weighted by Crippen LogP contribution is -2.24. The van der Waals surface area contributed by atoms with Crippen molar-refractivity contribution in [2.45, 2.75) is 26.4 Å². The standard InChI is InChI=1S/C21H19Cl3N2O3.HNO3/c1-14(28-18-6-3-16(22)4-7-18)27-15(2)29-21(12-26-10-9-25-13-26)19-8-5-17(23)11-20(19)24;2-1(3)4/h3-15H,1-2H3;(H,2,3,4). The highest BCUT2D eigenvalue weighted by Gasteiger charge is 2.16. The maximum Gasteiger partial charge on any atom is 0.291 e. The molecule has 0 radical (unpaired) electrons. The third-order valence-corrected chi connectivity index (χ3v) is 4.58. The Kier molecular flexibility index (Phi) is 10.3. The third-order valence-electron chi connectivity index (χ3n) is 3.78. The molecule has 2 aromatic carbocycles. The van der Waals surface area contributed by atoms with Gasteiger partial charge in [0.05, 0.1) is 17.5 Å². The molecule has 2 atom stereocenters. The van der Waals surface area contributed by atoms with Crippen LogP contribution in [-0.2, 0) is 9.47 Å². The molecular formula is C21H20Cl3N3O6. The molecule has 0 aliphatic heterocycles. The molecular weight excluding hydrogens is 497 g/mol. The van der Waals surface area contributed by atoms with Crippen LogP contribution in [0.15, 0.2) is 61.2 Å². The SMILES string of the molecule is CC(OC(=Cn1ccnc1)c1ccc(Cl)cc1Cl)OC(C)Oc1ccc(Cl)cc1.O=[N+]([O-])O. The van der Waals surface area contributed by atoms with Crippen LogP contribution in [-0.4, -0.2) is 32.4 Å². The van der Waals surface area contributed by atoms with E-state index in [0.717, 1.165) is 0 Å². The summed E-state index contributed by atoms with van der Waals surface area (Å²) in [5, 5.41) is 15.3. The van der Waals surface area contributed by atoms with E-state index in [-0.39, 0.29) is 0 Å². The molecule has 1 N–H and O–H groups in total. The zero-order valence-electron chi connectivity index (χ0n) is 17.5. The molecule has 0 aliphatic rings. The number of halogens is 3. The van der Waals surface area contributed by atoms with Gasteiger partial charge in [-0.15, -0.1) is 10.1 Å². The lowest BCUT2D eigenvalue weighted by atomic mass is 10.2. The molecule has 176 valence electrons. The van der Waals surface area contributed by atoms with Crippen LogP contribution in [0.4, 0.5) is 0 Å². The summed E-state index contributed by atoms with van der Waals surface area (Å²) in [7, 11) is 0. The van der Waals surface area contributed by atoms with Gasteiger partial charge >= 0.3 is 0 Å². The fourth-order valence-corrected chi connectivity index (χ4v) is 3.17. The number of benzene rings is 2. The largest absolute Gasteiger partial charge is 0.465 e. The molecule has 1 heterocycles. The molecule has 2 unspecified atom stereocenters. The van der Waals surface area contributed by atoms with Crippen molar-refractivity contribution in [2.75, 3.05) is 0 Å². The van der Waals surface area contributed by atoms with Crippen molar-refractivity contribution in [3.8, 4) is 5.75 Å². The molecule has 0 amide bonds. The van der Waals surface area contributed by atoms with Crippen LogP contribution in [0.1, 0.15) is 19.4 Å². The van der Waals surface area contributed by atoms with Gasteiger partial charge in [0.15, 0.2) is 0 Å². The van der Waals surface area contributed by atoms with E-state index in [1.54, 1.807) is 85.8 Å². The minimum atomic E-state index is -1.50. The molecule has 3 rings (SSSR count). The fraction of sp³-hybridized carbons (Fsp3) is 0.190. The number of hydrogen-bond donors (Lipinski definition) is 1. The number of rotatable bonds is 8. The van der Waals surface area contributed by atoms with Gasteiger partial charge in [0.2, 0.25) is 12.6 Å². The van der Waals surface area contributed by atoms with E-state index in [1.807, 2.05) is 0 Å². The average molecular weight is 517 g/mol. The van der Waals surface area contributed by atoms with E-state index in [9.17, 15) is 0 Å². The van der Waals surface area contributed by atoms with Crippen molar-refractivity contribution in [1.29, 1.82) is 0 Å². The van der Waals surface area contributed by atoms with Gasteiger partial charge < -0.3 is 24.0 Å². The Labute approximate surface area is 204 Å². The first-order valence-electron chi connectivity index (χ1n) is 9.36. The smallest absolute Gasteiger partial charge is 0.291 e. The topological polar surface area (TPSA) is 109 Å². The average Bonchev–Trinajstić information content (AvgIpc) is 3.22. The summed E-state index contributed by atoms with van der Waals surface area (Å²) >= 11 is 18.3. The van der Waals surface area contributed by atoms with Crippen molar-refractivity contribution in [1.82, 2.24) is 9.55 Å². The fourth-order valence-electron chi connectivity index (χ4n) is 2.54. The van der Waals surface area contributed by atoms with Crippen molar-refractivity contribution in [3.05, 3.63) is 91.9 Å². The second-order valence-corrected chi connectivity index (χ2v) is 7.61. The lowest BCUT2D eigenvalue weighted by molar-refractivity contribution is -0.742. The predicted molar refractivity (Wildman–Crippen MR) is 125 cm³/mol. The summed E-state index contributed by atoms with van der Waals surface area (Å²) in [6.45, 7) is 3.55. The first-order valence-corrected chi connectivity index (χ1v) is 10.5. The third kappa shape index (κ3) is 9.58. The van der Waals surface area contributed by atoms with E-state index >= 15 is 0 Å². The van der Waals surface area contributed by atoms with Crippen molar-refractivity contribution >= 4 is 46.8 Å². The quantitative estimate of drug-likeness (QED) is 0.163. The second kappa shape index (κ2) is 12.9. The van der Waals surface area contributed by atoms with Crippen molar-refractivity contribution in [3.63, 3.8) is 0 Å².